The third-order valence-corrected chi connectivity index (χ3v) is 5.97. The molecule has 0 spiro atoms. The SMILES string of the molecule is CCc1nc(C(C)NC(=O)C2C3CCC(C3)C2N)cs1. The highest BCUT2D eigenvalue weighted by Gasteiger charge is 2.49. The van der Waals surface area contributed by atoms with Gasteiger partial charge in [-0.25, -0.2) is 4.98 Å². The lowest BCUT2D eigenvalue weighted by Gasteiger charge is -2.28. The first kappa shape index (κ1) is 14.0. The second kappa shape index (κ2) is 5.45. The summed E-state index contributed by atoms with van der Waals surface area (Å²) in [5, 5.41) is 6.29. The first-order valence-corrected chi connectivity index (χ1v) is 8.48. The molecule has 2 aliphatic carbocycles. The molecule has 0 aliphatic heterocycles. The van der Waals surface area contributed by atoms with E-state index in [9.17, 15) is 4.79 Å². The van der Waals surface area contributed by atoms with Crippen LogP contribution in [0, 0.1) is 17.8 Å². The van der Waals surface area contributed by atoms with Crippen LogP contribution in [0.5, 0.6) is 0 Å². The summed E-state index contributed by atoms with van der Waals surface area (Å²) in [5.41, 5.74) is 7.20. The van der Waals surface area contributed by atoms with E-state index in [0.29, 0.717) is 11.8 Å². The van der Waals surface area contributed by atoms with Crippen LogP contribution in [0.15, 0.2) is 5.38 Å². The Balaban J connectivity index is 1.64. The molecule has 2 bridgehead atoms. The number of nitrogens with two attached hydrogens (primary N) is 1. The first-order chi connectivity index (χ1) is 9.60. The third-order valence-electron chi connectivity index (χ3n) is 4.96. The summed E-state index contributed by atoms with van der Waals surface area (Å²) in [6, 6.07) is 0.0352. The Morgan fingerprint density at radius 3 is 2.90 bits per heavy atom. The molecule has 5 heteroatoms. The van der Waals surface area contributed by atoms with E-state index in [1.165, 1.54) is 12.8 Å². The van der Waals surface area contributed by atoms with Crippen molar-refractivity contribution in [2.24, 2.45) is 23.5 Å². The van der Waals surface area contributed by atoms with Crippen molar-refractivity contribution < 1.29 is 4.79 Å². The van der Waals surface area contributed by atoms with Gasteiger partial charge in [-0.05, 0) is 44.4 Å². The molecule has 3 N–H and O–H groups in total. The Morgan fingerprint density at radius 2 is 2.30 bits per heavy atom. The van der Waals surface area contributed by atoms with Crippen molar-refractivity contribution >= 4 is 17.2 Å². The predicted molar refractivity (Wildman–Crippen MR) is 80.3 cm³/mol. The van der Waals surface area contributed by atoms with Crippen molar-refractivity contribution in [2.45, 2.75) is 51.6 Å². The number of amides is 1. The molecule has 2 saturated carbocycles. The van der Waals surface area contributed by atoms with E-state index < -0.39 is 0 Å². The molecule has 20 heavy (non-hydrogen) atoms. The molecule has 1 heterocycles. The second-order valence-electron chi connectivity index (χ2n) is 6.19. The molecule has 1 aromatic rings. The summed E-state index contributed by atoms with van der Waals surface area (Å²) in [7, 11) is 0. The standard InChI is InChI=1S/C15H23N3OS/c1-3-12-18-11(7-20-12)8(2)17-15(19)13-9-4-5-10(6-9)14(13)16/h7-10,13-14H,3-6,16H2,1-2H3,(H,17,19). The monoisotopic (exact) mass is 293 g/mol. The van der Waals surface area contributed by atoms with Crippen molar-refractivity contribution in [3.63, 3.8) is 0 Å². The lowest BCUT2D eigenvalue weighted by atomic mass is 9.84. The van der Waals surface area contributed by atoms with Gasteiger partial charge in [0.15, 0.2) is 0 Å². The molecule has 2 aliphatic rings. The molecule has 1 aromatic heterocycles. The number of nitrogens with zero attached hydrogens (tertiary/aromatic N) is 1. The van der Waals surface area contributed by atoms with Gasteiger partial charge in [0.25, 0.3) is 0 Å². The number of fused-ring (bicyclic) bond motifs is 2. The van der Waals surface area contributed by atoms with Crippen LogP contribution in [0.25, 0.3) is 0 Å². The Labute approximate surface area is 124 Å². The van der Waals surface area contributed by atoms with Crippen LogP contribution >= 0.6 is 11.3 Å². The smallest absolute Gasteiger partial charge is 0.225 e. The van der Waals surface area contributed by atoms with E-state index in [2.05, 4.69) is 17.2 Å². The van der Waals surface area contributed by atoms with Gasteiger partial charge >= 0.3 is 0 Å². The predicted octanol–water partition coefficient (Wildman–Crippen LogP) is 2.26. The Hall–Kier alpha value is -0.940. The molecule has 2 fully saturated rings. The number of carbonyl (C=O) groups is 1. The van der Waals surface area contributed by atoms with E-state index in [1.807, 2.05) is 12.3 Å². The van der Waals surface area contributed by atoms with Crippen LogP contribution in [0.1, 0.15) is 49.9 Å². The summed E-state index contributed by atoms with van der Waals surface area (Å²) in [5.74, 6) is 1.21. The number of nitrogens with one attached hydrogen (secondary N) is 1. The van der Waals surface area contributed by atoms with E-state index >= 15 is 0 Å². The zero-order valence-corrected chi connectivity index (χ0v) is 13.0. The van der Waals surface area contributed by atoms with Crippen LogP contribution in [0.2, 0.25) is 0 Å². The molecule has 4 nitrogen and oxygen atoms in total. The maximum absolute atomic E-state index is 12.5. The molecule has 0 radical (unpaired) electrons. The highest BCUT2D eigenvalue weighted by atomic mass is 32.1. The molecule has 3 rings (SSSR count). The summed E-state index contributed by atoms with van der Waals surface area (Å²) >= 11 is 1.66. The fraction of sp³-hybridized carbons (Fsp3) is 0.733. The van der Waals surface area contributed by atoms with Crippen LogP contribution in [-0.4, -0.2) is 16.9 Å². The molecule has 0 saturated heterocycles. The van der Waals surface area contributed by atoms with Crippen LogP contribution in [-0.2, 0) is 11.2 Å². The molecule has 1 amide bonds. The highest BCUT2D eigenvalue weighted by Crippen LogP contribution is 2.47. The Bertz CT molecular complexity index is 499. The van der Waals surface area contributed by atoms with Gasteiger partial charge in [0.2, 0.25) is 5.91 Å². The summed E-state index contributed by atoms with van der Waals surface area (Å²) in [6.07, 6.45) is 4.46. The fourth-order valence-corrected chi connectivity index (χ4v) is 4.63. The minimum Gasteiger partial charge on any atom is -0.348 e. The summed E-state index contributed by atoms with van der Waals surface area (Å²) < 4.78 is 0. The topological polar surface area (TPSA) is 68.0 Å². The van der Waals surface area contributed by atoms with Gasteiger partial charge in [0, 0.05) is 11.4 Å². The van der Waals surface area contributed by atoms with Gasteiger partial charge in [-0.3, -0.25) is 4.79 Å². The van der Waals surface area contributed by atoms with Gasteiger partial charge < -0.3 is 11.1 Å². The number of aromatic nitrogens is 1. The molecular weight excluding hydrogens is 270 g/mol. The quantitative estimate of drug-likeness (QED) is 0.894. The van der Waals surface area contributed by atoms with Gasteiger partial charge in [0.1, 0.15) is 0 Å². The van der Waals surface area contributed by atoms with Crippen molar-refractivity contribution in [3.05, 3.63) is 16.1 Å². The van der Waals surface area contributed by atoms with Gasteiger partial charge in [-0.15, -0.1) is 11.3 Å². The van der Waals surface area contributed by atoms with Crippen molar-refractivity contribution in [2.75, 3.05) is 0 Å². The van der Waals surface area contributed by atoms with Crippen molar-refractivity contribution in [1.29, 1.82) is 0 Å². The lowest BCUT2D eigenvalue weighted by molar-refractivity contribution is -0.127. The zero-order valence-electron chi connectivity index (χ0n) is 12.1. The molecule has 5 atom stereocenters. The van der Waals surface area contributed by atoms with Gasteiger partial charge in [-0.1, -0.05) is 6.92 Å². The average Bonchev–Trinajstić information content (AvgIpc) is 3.13. The average molecular weight is 293 g/mol. The van der Waals surface area contributed by atoms with Gasteiger partial charge in [-0.2, -0.15) is 0 Å². The molecular formula is C15H23N3OS. The first-order valence-electron chi connectivity index (χ1n) is 7.60. The Kier molecular flexibility index (Phi) is 3.82. The lowest BCUT2D eigenvalue weighted by Crippen LogP contribution is -2.45. The normalized spacial score (nSPS) is 33.4. The minimum absolute atomic E-state index is 0.0143. The number of hydrogen-bond acceptors (Lipinski definition) is 4. The van der Waals surface area contributed by atoms with E-state index in [1.54, 1.807) is 11.3 Å². The summed E-state index contributed by atoms with van der Waals surface area (Å²) in [4.78, 5) is 17.0. The number of aryl methyl sites for hydroxylation is 1. The number of hydrogen-bond donors (Lipinski definition) is 2. The van der Waals surface area contributed by atoms with Crippen molar-refractivity contribution in [1.82, 2.24) is 10.3 Å². The summed E-state index contributed by atoms with van der Waals surface area (Å²) in [6.45, 7) is 4.10. The molecule has 5 unspecified atom stereocenters. The zero-order chi connectivity index (χ0) is 14.3. The maximum Gasteiger partial charge on any atom is 0.225 e. The Morgan fingerprint density at radius 1 is 1.55 bits per heavy atom. The van der Waals surface area contributed by atoms with Crippen LogP contribution in [0.3, 0.4) is 0 Å². The minimum atomic E-state index is -0.0228. The third kappa shape index (κ3) is 2.37. The van der Waals surface area contributed by atoms with E-state index in [-0.39, 0.29) is 23.9 Å². The van der Waals surface area contributed by atoms with Gasteiger partial charge in [0.05, 0.1) is 22.7 Å². The number of thiazole rings is 1. The number of rotatable bonds is 4. The second-order valence-corrected chi connectivity index (χ2v) is 7.13. The fourth-order valence-electron chi connectivity index (χ4n) is 3.79. The van der Waals surface area contributed by atoms with Crippen LogP contribution < -0.4 is 11.1 Å². The van der Waals surface area contributed by atoms with Crippen LogP contribution in [0.4, 0.5) is 0 Å². The van der Waals surface area contributed by atoms with E-state index in [4.69, 9.17) is 5.73 Å². The van der Waals surface area contributed by atoms with E-state index in [0.717, 1.165) is 23.5 Å². The maximum atomic E-state index is 12.5. The largest absolute Gasteiger partial charge is 0.348 e. The molecule has 0 aromatic carbocycles. The number of carbonyl (C=O) groups excluding carboxylic acids is 1. The van der Waals surface area contributed by atoms with Crippen molar-refractivity contribution in [3.8, 4) is 0 Å². The highest BCUT2D eigenvalue weighted by molar-refractivity contribution is 7.09. The molecule has 110 valence electrons.